The number of fused-ring (bicyclic) bond motifs is 1. The molecule has 3 heterocycles. The molecule has 0 radical (unpaired) electrons. The minimum atomic E-state index is -0.665. The molecule has 8 nitrogen and oxygen atoms in total. The molecule has 1 aliphatic rings. The van der Waals surface area contributed by atoms with E-state index in [-0.39, 0.29) is 18.8 Å². The quantitative estimate of drug-likeness (QED) is 0.324. The summed E-state index contributed by atoms with van der Waals surface area (Å²) in [5, 5.41) is 0. The number of ether oxygens (including phenoxy) is 2. The van der Waals surface area contributed by atoms with E-state index in [1.54, 1.807) is 57.2 Å². The molecule has 198 valence electrons. The van der Waals surface area contributed by atoms with Crippen LogP contribution in [0.3, 0.4) is 0 Å². The van der Waals surface area contributed by atoms with Gasteiger partial charge in [-0.3, -0.25) is 9.36 Å². The van der Waals surface area contributed by atoms with Crippen molar-refractivity contribution in [3.8, 4) is 11.3 Å². The van der Waals surface area contributed by atoms with Crippen molar-refractivity contribution in [3.63, 3.8) is 0 Å². The molecule has 0 unspecified atom stereocenters. The third-order valence-electron chi connectivity index (χ3n) is 6.19. The van der Waals surface area contributed by atoms with Crippen LogP contribution in [-0.2, 0) is 14.3 Å². The Morgan fingerprint density at radius 2 is 1.74 bits per heavy atom. The number of carbonyl (C=O) groups is 2. The number of aromatic nitrogens is 1. The molecule has 0 N–H and O–H groups in total. The van der Waals surface area contributed by atoms with E-state index in [0.29, 0.717) is 43.3 Å². The molecule has 0 aliphatic carbocycles. The zero-order valence-corrected chi connectivity index (χ0v) is 22.5. The number of hydrogen-bond acceptors (Lipinski definition) is 8. The minimum absolute atomic E-state index is 0.213. The van der Waals surface area contributed by atoms with Crippen LogP contribution in [0, 0.1) is 0 Å². The summed E-state index contributed by atoms with van der Waals surface area (Å²) in [5.74, 6) is 0.109. The highest BCUT2D eigenvalue weighted by Crippen LogP contribution is 2.30. The first-order valence-electron chi connectivity index (χ1n) is 12.5. The molecule has 39 heavy (non-hydrogen) atoms. The fourth-order valence-corrected chi connectivity index (χ4v) is 5.50. The van der Waals surface area contributed by atoms with Crippen LogP contribution in [0.5, 0.6) is 0 Å². The highest BCUT2D eigenvalue weighted by molar-refractivity contribution is 7.07. The summed E-state index contributed by atoms with van der Waals surface area (Å²) >= 11 is 1.22. The van der Waals surface area contributed by atoms with E-state index in [4.69, 9.17) is 13.9 Å². The first-order valence-corrected chi connectivity index (χ1v) is 13.3. The Kier molecular flexibility index (Phi) is 7.42. The van der Waals surface area contributed by atoms with Crippen molar-refractivity contribution < 1.29 is 23.5 Å². The van der Waals surface area contributed by atoms with Gasteiger partial charge in [-0.05, 0) is 50.6 Å². The molecule has 0 saturated carbocycles. The second-order valence-electron chi connectivity index (χ2n) is 8.72. The number of nitrogens with zero attached hydrogens (tertiary/aromatic N) is 2. The van der Waals surface area contributed by atoms with Crippen molar-refractivity contribution in [3.05, 3.63) is 115 Å². The first kappa shape index (κ1) is 26.1. The lowest BCUT2D eigenvalue weighted by atomic mass is 9.96. The molecule has 4 aromatic rings. The topological polar surface area (TPSA) is 100 Å². The molecule has 5 rings (SSSR count). The third kappa shape index (κ3) is 5.13. The molecule has 9 heteroatoms. The van der Waals surface area contributed by atoms with Gasteiger partial charge in [-0.15, -0.1) is 0 Å². The number of hydrogen-bond donors (Lipinski definition) is 0. The highest BCUT2D eigenvalue weighted by Gasteiger charge is 2.33. The van der Waals surface area contributed by atoms with E-state index < -0.39 is 18.0 Å². The van der Waals surface area contributed by atoms with E-state index in [0.717, 1.165) is 5.56 Å². The van der Waals surface area contributed by atoms with Gasteiger partial charge in [0.05, 0.1) is 40.6 Å². The lowest BCUT2D eigenvalue weighted by molar-refractivity contribution is -0.139. The SMILES string of the molecule is CCOC(=O)C1=C(C)N=c2s/c(=C\c3ccc(-c4cccc(C(=O)OCC)c4)o3)c(=O)n2[C@H]1c1ccccc1. The van der Waals surface area contributed by atoms with Crippen molar-refractivity contribution in [2.75, 3.05) is 13.2 Å². The molecule has 0 amide bonds. The zero-order chi connectivity index (χ0) is 27.5. The number of benzene rings is 2. The Morgan fingerprint density at radius 3 is 2.49 bits per heavy atom. The second-order valence-corrected chi connectivity index (χ2v) is 9.73. The van der Waals surface area contributed by atoms with Crippen LogP contribution < -0.4 is 14.9 Å². The van der Waals surface area contributed by atoms with Gasteiger partial charge in [0, 0.05) is 11.6 Å². The van der Waals surface area contributed by atoms with Crippen molar-refractivity contribution in [2.24, 2.45) is 4.99 Å². The van der Waals surface area contributed by atoms with Gasteiger partial charge in [0.1, 0.15) is 11.5 Å². The van der Waals surface area contributed by atoms with Crippen LogP contribution in [0.2, 0.25) is 0 Å². The number of thiazole rings is 1. The average molecular weight is 543 g/mol. The van der Waals surface area contributed by atoms with E-state index >= 15 is 0 Å². The predicted octanol–water partition coefficient (Wildman–Crippen LogP) is 4.24. The largest absolute Gasteiger partial charge is 0.463 e. The summed E-state index contributed by atoms with van der Waals surface area (Å²) in [5.41, 5.74) is 2.48. The summed E-state index contributed by atoms with van der Waals surface area (Å²) in [6.45, 7) is 5.75. The number of allylic oxidation sites excluding steroid dienone is 1. The maximum absolute atomic E-state index is 13.7. The lowest BCUT2D eigenvalue weighted by Gasteiger charge is -2.24. The molecule has 0 fully saturated rings. The molecule has 0 spiro atoms. The Balaban J connectivity index is 1.57. The van der Waals surface area contributed by atoms with Crippen LogP contribution >= 0.6 is 11.3 Å². The van der Waals surface area contributed by atoms with Crippen LogP contribution in [0.4, 0.5) is 0 Å². The normalized spacial score (nSPS) is 15.1. The van der Waals surface area contributed by atoms with E-state index in [1.165, 1.54) is 15.9 Å². The van der Waals surface area contributed by atoms with Crippen LogP contribution in [0.15, 0.2) is 92.2 Å². The zero-order valence-electron chi connectivity index (χ0n) is 21.7. The second kappa shape index (κ2) is 11.1. The fourth-order valence-electron chi connectivity index (χ4n) is 4.47. The van der Waals surface area contributed by atoms with Gasteiger partial charge >= 0.3 is 11.9 Å². The van der Waals surface area contributed by atoms with Gasteiger partial charge in [-0.1, -0.05) is 53.8 Å². The Bertz CT molecular complexity index is 1760. The molecule has 2 aromatic carbocycles. The van der Waals surface area contributed by atoms with Gasteiger partial charge in [0.15, 0.2) is 4.80 Å². The van der Waals surface area contributed by atoms with E-state index in [9.17, 15) is 14.4 Å². The smallest absolute Gasteiger partial charge is 0.338 e. The number of furan rings is 1. The predicted molar refractivity (Wildman–Crippen MR) is 147 cm³/mol. The number of carbonyl (C=O) groups excluding carboxylic acids is 2. The summed E-state index contributed by atoms with van der Waals surface area (Å²) in [6.07, 6.45) is 1.66. The van der Waals surface area contributed by atoms with E-state index in [1.807, 2.05) is 36.4 Å². The highest BCUT2D eigenvalue weighted by atomic mass is 32.1. The van der Waals surface area contributed by atoms with Crippen LogP contribution in [-0.4, -0.2) is 29.7 Å². The summed E-state index contributed by atoms with van der Waals surface area (Å²) in [4.78, 5) is 43.9. The number of esters is 2. The molecule has 0 saturated heterocycles. The first-order chi connectivity index (χ1) is 18.9. The van der Waals surface area contributed by atoms with Crippen molar-refractivity contribution in [1.29, 1.82) is 0 Å². The Labute approximate surface area is 228 Å². The van der Waals surface area contributed by atoms with Crippen molar-refractivity contribution in [1.82, 2.24) is 4.57 Å². The molecule has 2 aromatic heterocycles. The third-order valence-corrected chi connectivity index (χ3v) is 7.17. The molecule has 1 aliphatic heterocycles. The van der Waals surface area contributed by atoms with Crippen molar-refractivity contribution in [2.45, 2.75) is 26.8 Å². The van der Waals surface area contributed by atoms with Gasteiger partial charge in [0.2, 0.25) is 0 Å². The Morgan fingerprint density at radius 1 is 1.00 bits per heavy atom. The fraction of sp³-hybridized carbons (Fsp3) is 0.200. The van der Waals surface area contributed by atoms with Crippen LogP contribution in [0.1, 0.15) is 48.5 Å². The minimum Gasteiger partial charge on any atom is -0.463 e. The lowest BCUT2D eigenvalue weighted by Crippen LogP contribution is -2.39. The van der Waals surface area contributed by atoms with Gasteiger partial charge in [-0.2, -0.15) is 0 Å². The van der Waals surface area contributed by atoms with Gasteiger partial charge < -0.3 is 13.9 Å². The summed E-state index contributed by atoms with van der Waals surface area (Å²) in [7, 11) is 0. The van der Waals surface area contributed by atoms with Gasteiger partial charge in [0.25, 0.3) is 5.56 Å². The maximum atomic E-state index is 13.7. The Hall–Kier alpha value is -4.50. The monoisotopic (exact) mass is 542 g/mol. The standard InChI is InChI=1S/C30H26N2O6S/c1-4-36-28(34)21-13-9-12-20(16-21)23-15-14-22(38-23)17-24-27(33)32-26(19-10-7-6-8-11-19)25(29(35)37-5-2)18(3)31-30(32)39-24/h6-17,26H,4-5H2,1-3H3/b24-17-/t26-/m0/s1. The summed E-state index contributed by atoms with van der Waals surface area (Å²) in [6, 6.07) is 19.2. The molecule has 0 bridgehead atoms. The van der Waals surface area contributed by atoms with Crippen LogP contribution in [0.25, 0.3) is 17.4 Å². The van der Waals surface area contributed by atoms with E-state index in [2.05, 4.69) is 4.99 Å². The van der Waals surface area contributed by atoms with Crippen molar-refractivity contribution >= 4 is 29.4 Å². The van der Waals surface area contributed by atoms with Gasteiger partial charge in [-0.25, -0.2) is 14.6 Å². The molecular weight excluding hydrogens is 516 g/mol. The molecule has 1 atom stereocenters. The number of rotatable bonds is 7. The summed E-state index contributed by atoms with van der Waals surface area (Å²) < 4.78 is 18.4. The molecular formula is C30H26N2O6S. The average Bonchev–Trinajstić information content (AvgIpc) is 3.53. The maximum Gasteiger partial charge on any atom is 0.338 e.